The van der Waals surface area contributed by atoms with Gasteiger partial charge in [0, 0.05) is 18.7 Å². The van der Waals surface area contributed by atoms with Crippen molar-refractivity contribution in [1.29, 1.82) is 0 Å². The minimum Gasteiger partial charge on any atom is -0.399 e. The van der Waals surface area contributed by atoms with Crippen LogP contribution < -0.4 is 5.73 Å². The lowest BCUT2D eigenvalue weighted by Crippen LogP contribution is -2.02. The van der Waals surface area contributed by atoms with Crippen LogP contribution in [-0.4, -0.2) is 13.2 Å². The Hall–Kier alpha value is -1.46. The average Bonchev–Trinajstić information content (AvgIpc) is 2.25. The highest BCUT2D eigenvalue weighted by atomic mass is 16.5. The van der Waals surface area contributed by atoms with Gasteiger partial charge in [0.1, 0.15) is 0 Å². The largest absolute Gasteiger partial charge is 0.399 e. The van der Waals surface area contributed by atoms with Gasteiger partial charge in [0.05, 0.1) is 6.61 Å². The van der Waals surface area contributed by atoms with E-state index >= 15 is 0 Å². The second-order valence-electron chi connectivity index (χ2n) is 3.37. The minimum atomic E-state index is 0.707. The Balaban J connectivity index is 2.16. The smallest absolute Gasteiger partial charge is 0.0507 e. The topological polar surface area (TPSA) is 35.2 Å². The molecule has 2 N–H and O–H groups in total. The first-order chi connectivity index (χ1) is 7.34. The third-order valence-electron chi connectivity index (χ3n) is 2.18. The van der Waals surface area contributed by atoms with E-state index in [1.807, 2.05) is 24.3 Å². The minimum absolute atomic E-state index is 0.707. The molecule has 0 fully saturated rings. The van der Waals surface area contributed by atoms with Gasteiger partial charge in [-0.1, -0.05) is 18.2 Å². The number of ether oxygens (including phenoxy) is 1. The molecule has 0 aliphatic heterocycles. The third kappa shape index (κ3) is 4.53. The number of hydrogen-bond donors (Lipinski definition) is 1. The number of terminal acetylenes is 1. The van der Waals surface area contributed by atoms with Crippen LogP contribution in [-0.2, 0) is 11.2 Å². The number of benzene rings is 1. The average molecular weight is 203 g/mol. The second kappa shape index (κ2) is 6.92. The molecule has 0 amide bonds. The number of para-hydroxylation sites is 1. The van der Waals surface area contributed by atoms with Crippen molar-refractivity contribution >= 4 is 5.69 Å². The van der Waals surface area contributed by atoms with Gasteiger partial charge in [-0.15, -0.1) is 12.3 Å². The zero-order valence-electron chi connectivity index (χ0n) is 8.91. The number of anilines is 1. The Morgan fingerprint density at radius 3 is 2.80 bits per heavy atom. The molecule has 0 atom stereocenters. The normalized spacial score (nSPS) is 9.80. The van der Waals surface area contributed by atoms with Crippen molar-refractivity contribution in [3.8, 4) is 12.3 Å². The number of unbranched alkanes of at least 4 members (excludes halogenated alkanes) is 1. The maximum absolute atomic E-state index is 5.80. The fourth-order valence-corrected chi connectivity index (χ4v) is 1.32. The van der Waals surface area contributed by atoms with Gasteiger partial charge in [-0.3, -0.25) is 0 Å². The lowest BCUT2D eigenvalue weighted by Gasteiger charge is -2.05. The van der Waals surface area contributed by atoms with Crippen LogP contribution in [0.15, 0.2) is 24.3 Å². The zero-order valence-corrected chi connectivity index (χ0v) is 8.91. The van der Waals surface area contributed by atoms with Crippen LogP contribution in [0, 0.1) is 12.3 Å². The Kier molecular flexibility index (Phi) is 5.35. The fraction of sp³-hybridized carbons (Fsp3) is 0.385. The Labute approximate surface area is 91.4 Å². The van der Waals surface area contributed by atoms with Crippen molar-refractivity contribution in [2.45, 2.75) is 19.3 Å². The van der Waals surface area contributed by atoms with Crippen LogP contribution in [0.2, 0.25) is 0 Å². The van der Waals surface area contributed by atoms with Crippen molar-refractivity contribution in [2.24, 2.45) is 0 Å². The summed E-state index contributed by atoms with van der Waals surface area (Å²) in [6.07, 6.45) is 7.71. The van der Waals surface area contributed by atoms with E-state index in [9.17, 15) is 0 Å². The van der Waals surface area contributed by atoms with Gasteiger partial charge in [-0.25, -0.2) is 0 Å². The van der Waals surface area contributed by atoms with E-state index in [2.05, 4.69) is 5.92 Å². The Morgan fingerprint density at radius 1 is 1.27 bits per heavy atom. The number of rotatable bonds is 6. The fourth-order valence-electron chi connectivity index (χ4n) is 1.32. The van der Waals surface area contributed by atoms with E-state index in [1.165, 1.54) is 0 Å². The SMILES string of the molecule is C#CCCCOCCc1ccccc1N. The molecule has 1 aromatic carbocycles. The van der Waals surface area contributed by atoms with Crippen molar-refractivity contribution in [3.05, 3.63) is 29.8 Å². The summed E-state index contributed by atoms with van der Waals surface area (Å²) in [5.74, 6) is 2.59. The van der Waals surface area contributed by atoms with E-state index in [1.54, 1.807) is 0 Å². The van der Waals surface area contributed by atoms with Gasteiger partial charge < -0.3 is 10.5 Å². The van der Waals surface area contributed by atoms with Crippen molar-refractivity contribution in [2.75, 3.05) is 18.9 Å². The van der Waals surface area contributed by atoms with Crippen molar-refractivity contribution in [1.82, 2.24) is 0 Å². The molecule has 1 aromatic rings. The van der Waals surface area contributed by atoms with E-state index in [0.29, 0.717) is 6.61 Å². The summed E-state index contributed by atoms with van der Waals surface area (Å²) in [5.41, 5.74) is 7.79. The standard InChI is InChI=1S/C13H17NO/c1-2-3-6-10-15-11-9-12-7-4-5-8-13(12)14/h1,4-5,7-8H,3,6,9-11,14H2. The molecule has 0 saturated carbocycles. The zero-order chi connectivity index (χ0) is 10.9. The predicted molar refractivity (Wildman–Crippen MR) is 63.4 cm³/mol. The lowest BCUT2D eigenvalue weighted by molar-refractivity contribution is 0.136. The van der Waals surface area contributed by atoms with Crippen molar-refractivity contribution < 1.29 is 4.74 Å². The number of nitrogen functional groups attached to an aromatic ring is 1. The predicted octanol–water partition coefficient (Wildman–Crippen LogP) is 2.24. The molecule has 80 valence electrons. The molecule has 2 heteroatoms. The first-order valence-electron chi connectivity index (χ1n) is 5.19. The van der Waals surface area contributed by atoms with Gasteiger partial charge in [0.25, 0.3) is 0 Å². The van der Waals surface area contributed by atoms with Crippen LogP contribution in [0.1, 0.15) is 18.4 Å². The van der Waals surface area contributed by atoms with Crippen LogP contribution in [0.4, 0.5) is 5.69 Å². The third-order valence-corrected chi connectivity index (χ3v) is 2.18. The highest BCUT2D eigenvalue weighted by Crippen LogP contribution is 2.10. The quantitative estimate of drug-likeness (QED) is 0.437. The molecular formula is C13H17NO. The van der Waals surface area contributed by atoms with Crippen molar-refractivity contribution in [3.63, 3.8) is 0 Å². The monoisotopic (exact) mass is 203 g/mol. The molecule has 1 rings (SSSR count). The highest BCUT2D eigenvalue weighted by Gasteiger charge is 1.97. The number of nitrogens with two attached hydrogens (primary N) is 1. The van der Waals surface area contributed by atoms with Gasteiger partial charge in [0.15, 0.2) is 0 Å². The first-order valence-corrected chi connectivity index (χ1v) is 5.19. The molecule has 15 heavy (non-hydrogen) atoms. The van der Waals surface area contributed by atoms with E-state index in [4.69, 9.17) is 16.9 Å². The summed E-state index contributed by atoms with van der Waals surface area (Å²) >= 11 is 0. The molecule has 0 heterocycles. The van der Waals surface area contributed by atoms with Crippen LogP contribution >= 0.6 is 0 Å². The lowest BCUT2D eigenvalue weighted by atomic mass is 10.1. The second-order valence-corrected chi connectivity index (χ2v) is 3.37. The maximum atomic E-state index is 5.80. The summed E-state index contributed by atoms with van der Waals surface area (Å²) in [6.45, 7) is 1.44. The van der Waals surface area contributed by atoms with Gasteiger partial charge in [-0.05, 0) is 24.5 Å². The molecule has 0 aliphatic rings. The van der Waals surface area contributed by atoms with Gasteiger partial charge >= 0.3 is 0 Å². The van der Waals surface area contributed by atoms with E-state index < -0.39 is 0 Å². The molecule has 0 aliphatic carbocycles. The number of hydrogen-bond acceptors (Lipinski definition) is 2. The summed E-state index contributed by atoms with van der Waals surface area (Å²) in [4.78, 5) is 0. The Bertz CT molecular complexity index is 328. The molecule has 0 unspecified atom stereocenters. The molecule has 0 bridgehead atoms. The molecule has 0 spiro atoms. The van der Waals surface area contributed by atoms with E-state index in [-0.39, 0.29) is 0 Å². The van der Waals surface area contributed by atoms with Crippen LogP contribution in [0.3, 0.4) is 0 Å². The van der Waals surface area contributed by atoms with Gasteiger partial charge in [-0.2, -0.15) is 0 Å². The van der Waals surface area contributed by atoms with E-state index in [0.717, 1.165) is 37.1 Å². The highest BCUT2D eigenvalue weighted by molar-refractivity contribution is 5.46. The summed E-state index contributed by atoms with van der Waals surface area (Å²) < 4.78 is 5.44. The summed E-state index contributed by atoms with van der Waals surface area (Å²) in [6, 6.07) is 7.87. The Morgan fingerprint density at radius 2 is 2.07 bits per heavy atom. The molecule has 0 aromatic heterocycles. The van der Waals surface area contributed by atoms with Crippen LogP contribution in [0.5, 0.6) is 0 Å². The first kappa shape index (κ1) is 11.6. The molecule has 0 saturated heterocycles. The van der Waals surface area contributed by atoms with Gasteiger partial charge in [0.2, 0.25) is 0 Å². The van der Waals surface area contributed by atoms with Crippen LogP contribution in [0.25, 0.3) is 0 Å². The molecular weight excluding hydrogens is 186 g/mol. The summed E-state index contributed by atoms with van der Waals surface area (Å²) in [7, 11) is 0. The summed E-state index contributed by atoms with van der Waals surface area (Å²) in [5, 5.41) is 0. The maximum Gasteiger partial charge on any atom is 0.0507 e. The molecule has 2 nitrogen and oxygen atoms in total. The molecule has 0 radical (unpaired) electrons.